The Balaban J connectivity index is 0.000000261. The van der Waals surface area contributed by atoms with E-state index in [-0.39, 0.29) is 0 Å². The van der Waals surface area contributed by atoms with Crippen LogP contribution in [0.4, 0.5) is 0 Å². The molecule has 0 atom stereocenters. The van der Waals surface area contributed by atoms with Crippen LogP contribution in [-0.2, 0) is 15.6 Å². The van der Waals surface area contributed by atoms with Gasteiger partial charge in [0.15, 0.2) is 5.75 Å². The van der Waals surface area contributed by atoms with Crippen molar-refractivity contribution in [1.82, 2.24) is 4.13 Å². The molecule has 1 aliphatic rings. The van der Waals surface area contributed by atoms with Gasteiger partial charge in [0.25, 0.3) is 0 Å². The molecule has 1 aliphatic heterocycles. The molecule has 22 heavy (non-hydrogen) atoms. The number of nitrogens with one attached hydrogen (secondary N) is 1. The summed E-state index contributed by atoms with van der Waals surface area (Å²) in [5.41, 5.74) is 0.881. The second-order valence-corrected chi connectivity index (χ2v) is 8.89. The zero-order valence-electron chi connectivity index (χ0n) is 13.4. The summed E-state index contributed by atoms with van der Waals surface area (Å²) in [6.45, 7) is 0.818. The predicted molar refractivity (Wildman–Crippen MR) is 103 cm³/mol. The van der Waals surface area contributed by atoms with Crippen LogP contribution in [0.5, 0.6) is 0 Å². The molecular weight excluding hydrogens is 334 g/mol. The largest absolute Gasteiger partial charge is 0.384 e. The number of rotatable bonds is 8. The molecule has 1 aromatic rings. The van der Waals surface area contributed by atoms with E-state index in [2.05, 4.69) is 4.13 Å². The average Bonchev–Trinajstić information content (AvgIpc) is 3.06. The number of methoxy groups -OCH3 is 1. The molecule has 0 saturated carbocycles. The van der Waals surface area contributed by atoms with E-state index < -0.39 is 0 Å². The first kappa shape index (κ1) is 19.9. The Labute approximate surface area is 146 Å². The number of ether oxygens (including phenoxy) is 1. The molecular formula is C16H26NO2S3+. The Morgan fingerprint density at radius 3 is 2.55 bits per heavy atom. The Kier molecular flexibility index (Phi) is 12.0. The van der Waals surface area contributed by atoms with Crippen LogP contribution in [0.15, 0.2) is 30.3 Å². The smallest absolute Gasteiger partial charge is 0.211 e. The quantitative estimate of drug-likeness (QED) is 0.333. The second kappa shape index (κ2) is 13.3. The third-order valence-corrected chi connectivity index (χ3v) is 6.99. The number of hydrogen-bond donors (Lipinski definition) is 1. The summed E-state index contributed by atoms with van der Waals surface area (Å²) in [5, 5.41) is 0. The van der Waals surface area contributed by atoms with Gasteiger partial charge in [0.1, 0.15) is 11.5 Å². The van der Waals surface area contributed by atoms with Crippen molar-refractivity contribution in [3.63, 3.8) is 0 Å². The van der Waals surface area contributed by atoms with Crippen molar-refractivity contribution in [2.24, 2.45) is 0 Å². The molecule has 1 aromatic carbocycles. The third-order valence-electron chi connectivity index (χ3n) is 3.08. The summed E-state index contributed by atoms with van der Waals surface area (Å²) in [6.07, 6.45) is 4.65. The number of carbonyl (C=O) groups excluding carboxylic acids is 1. The Bertz CT molecular complexity index is 392. The molecule has 2 rings (SSSR count). The fourth-order valence-corrected chi connectivity index (χ4v) is 5.29. The van der Waals surface area contributed by atoms with Gasteiger partial charge in [0, 0.05) is 18.4 Å². The van der Waals surface area contributed by atoms with Crippen molar-refractivity contribution in [1.29, 1.82) is 0 Å². The van der Waals surface area contributed by atoms with Crippen molar-refractivity contribution >= 4 is 40.6 Å². The molecule has 0 aromatic heterocycles. The SMILES string of the molecule is COCCSNSC.O=C(C[S+]1CCCC1)c1ccccc1. The van der Waals surface area contributed by atoms with E-state index in [1.165, 1.54) is 24.3 Å². The van der Waals surface area contributed by atoms with Gasteiger partial charge in [0.05, 0.1) is 6.61 Å². The second-order valence-electron chi connectivity index (χ2n) is 4.79. The summed E-state index contributed by atoms with van der Waals surface area (Å²) in [6, 6.07) is 9.66. The number of carbonyl (C=O) groups is 1. The third kappa shape index (κ3) is 9.10. The average molecular weight is 361 g/mol. The summed E-state index contributed by atoms with van der Waals surface area (Å²) in [4.78, 5) is 11.8. The summed E-state index contributed by atoms with van der Waals surface area (Å²) in [5.74, 6) is 4.68. The topological polar surface area (TPSA) is 38.3 Å². The maximum atomic E-state index is 11.8. The molecule has 0 amide bonds. The van der Waals surface area contributed by atoms with Crippen LogP contribution >= 0.6 is 23.9 Å². The normalized spacial score (nSPS) is 14.5. The molecule has 1 fully saturated rings. The molecule has 0 spiro atoms. The number of ketones is 1. The molecule has 0 unspecified atom stereocenters. The van der Waals surface area contributed by atoms with E-state index in [0.29, 0.717) is 16.7 Å². The van der Waals surface area contributed by atoms with Crippen LogP contribution in [0.2, 0.25) is 0 Å². The minimum Gasteiger partial charge on any atom is -0.384 e. The maximum Gasteiger partial charge on any atom is 0.211 e. The molecule has 6 heteroatoms. The monoisotopic (exact) mass is 360 g/mol. The minimum absolute atomic E-state index is 0.329. The van der Waals surface area contributed by atoms with Gasteiger partial charge in [-0.1, -0.05) is 54.2 Å². The van der Waals surface area contributed by atoms with E-state index in [1.807, 2.05) is 36.6 Å². The van der Waals surface area contributed by atoms with E-state index in [0.717, 1.165) is 23.7 Å². The van der Waals surface area contributed by atoms with E-state index in [1.54, 1.807) is 31.0 Å². The molecule has 3 nitrogen and oxygen atoms in total. The van der Waals surface area contributed by atoms with Gasteiger partial charge in [-0.25, -0.2) is 4.13 Å². The van der Waals surface area contributed by atoms with Gasteiger partial charge in [-0.15, -0.1) is 0 Å². The zero-order valence-corrected chi connectivity index (χ0v) is 15.8. The van der Waals surface area contributed by atoms with Crippen LogP contribution in [0.25, 0.3) is 0 Å². The Morgan fingerprint density at radius 1 is 1.27 bits per heavy atom. The molecule has 0 radical (unpaired) electrons. The molecule has 1 heterocycles. The number of hydrogen-bond acceptors (Lipinski definition) is 5. The predicted octanol–water partition coefficient (Wildman–Crippen LogP) is 3.43. The molecule has 0 bridgehead atoms. The van der Waals surface area contributed by atoms with Gasteiger partial charge in [-0.2, -0.15) is 0 Å². The van der Waals surface area contributed by atoms with Gasteiger partial charge in [-0.05, 0) is 30.0 Å². The maximum absolute atomic E-state index is 11.8. The first-order valence-corrected chi connectivity index (χ1v) is 11.3. The first-order chi connectivity index (χ1) is 10.8. The zero-order chi connectivity index (χ0) is 16.0. The fraction of sp³-hybridized carbons (Fsp3) is 0.562. The van der Waals surface area contributed by atoms with Gasteiger partial charge >= 0.3 is 0 Å². The van der Waals surface area contributed by atoms with Gasteiger partial charge < -0.3 is 4.74 Å². The lowest BCUT2D eigenvalue weighted by molar-refractivity contribution is 0.102. The standard InChI is InChI=1S/C12H15OS.C4H11NOS2/c13-12(10-14-8-4-5-9-14)11-6-2-1-3-7-11;1-6-3-4-8-5-7-2/h1-3,6-7H,4-5,8-10H2;5H,3-4H2,1-2H3/q+1;. The van der Waals surface area contributed by atoms with Gasteiger partial charge in [-0.3, -0.25) is 4.79 Å². The highest BCUT2D eigenvalue weighted by molar-refractivity contribution is 8.12. The van der Waals surface area contributed by atoms with Crippen molar-refractivity contribution in [2.45, 2.75) is 12.8 Å². The highest BCUT2D eigenvalue weighted by atomic mass is 32.2. The fourth-order valence-electron chi connectivity index (χ4n) is 1.98. The summed E-state index contributed by atoms with van der Waals surface area (Å²) in [7, 11) is 2.10. The van der Waals surface area contributed by atoms with Crippen molar-refractivity contribution in [3.8, 4) is 0 Å². The molecule has 124 valence electrons. The van der Waals surface area contributed by atoms with Crippen LogP contribution in [0, 0.1) is 0 Å². The number of benzene rings is 1. The van der Waals surface area contributed by atoms with Crippen LogP contribution in [0.3, 0.4) is 0 Å². The molecule has 1 saturated heterocycles. The lowest BCUT2D eigenvalue weighted by Crippen LogP contribution is -2.17. The van der Waals surface area contributed by atoms with Crippen molar-refractivity contribution in [3.05, 3.63) is 35.9 Å². The Morgan fingerprint density at radius 2 is 1.95 bits per heavy atom. The number of Topliss-reactive ketones (excluding diaryl/α,β-unsaturated/α-hetero) is 1. The van der Waals surface area contributed by atoms with E-state index in [9.17, 15) is 4.79 Å². The molecule has 1 N–H and O–H groups in total. The molecule has 0 aliphatic carbocycles. The van der Waals surface area contributed by atoms with Crippen LogP contribution in [0.1, 0.15) is 23.2 Å². The minimum atomic E-state index is 0.329. The van der Waals surface area contributed by atoms with Crippen LogP contribution < -0.4 is 4.13 Å². The van der Waals surface area contributed by atoms with Crippen molar-refractivity contribution in [2.75, 3.05) is 43.0 Å². The lowest BCUT2D eigenvalue weighted by atomic mass is 10.2. The Hall–Kier alpha value is -0.140. The van der Waals surface area contributed by atoms with Crippen LogP contribution in [-0.4, -0.2) is 48.8 Å². The van der Waals surface area contributed by atoms with E-state index >= 15 is 0 Å². The van der Waals surface area contributed by atoms with E-state index in [4.69, 9.17) is 4.74 Å². The summed E-state index contributed by atoms with van der Waals surface area (Å²) >= 11 is 3.28. The highest BCUT2D eigenvalue weighted by Crippen LogP contribution is 2.15. The van der Waals surface area contributed by atoms with Gasteiger partial charge in [0.2, 0.25) is 5.78 Å². The lowest BCUT2D eigenvalue weighted by Gasteiger charge is -2.00. The summed E-state index contributed by atoms with van der Waals surface area (Å²) < 4.78 is 7.85. The first-order valence-electron chi connectivity index (χ1n) is 7.39. The van der Waals surface area contributed by atoms with Crippen molar-refractivity contribution < 1.29 is 9.53 Å². The highest BCUT2D eigenvalue weighted by Gasteiger charge is 2.27.